The fraction of sp³-hybridized carbons (Fsp3) is 0.500. The Kier molecular flexibility index (Phi) is 4.49. The van der Waals surface area contributed by atoms with Crippen molar-refractivity contribution < 1.29 is 14.8 Å². The van der Waals surface area contributed by atoms with Gasteiger partial charge in [-0.3, -0.25) is 10.1 Å². The van der Waals surface area contributed by atoms with Gasteiger partial charge in [0.05, 0.1) is 17.7 Å². The number of nitrogens with one attached hydrogen (secondary N) is 1. The summed E-state index contributed by atoms with van der Waals surface area (Å²) in [5.74, 6) is 0.536. The molecule has 0 unspecified atom stereocenters. The fourth-order valence-corrected chi connectivity index (χ4v) is 1.34. The molecule has 2 N–H and O–H groups in total. The van der Waals surface area contributed by atoms with Gasteiger partial charge in [0.25, 0.3) is 5.69 Å². The quantitative estimate of drug-likeness (QED) is 0.599. The molecule has 18 heavy (non-hydrogen) atoms. The number of methoxy groups -OCH3 is 1. The number of nitro groups is 1. The molecule has 0 aliphatic heterocycles. The van der Waals surface area contributed by atoms with Crippen LogP contribution in [-0.2, 0) is 0 Å². The van der Waals surface area contributed by atoms with Crippen molar-refractivity contribution in [2.75, 3.05) is 25.6 Å². The SMILES string of the molecule is COc1ccc([N+](=O)[O-])cc1NCC(C)(C)CO. The molecule has 0 radical (unpaired) electrons. The molecule has 0 aliphatic rings. The second kappa shape index (κ2) is 5.68. The number of nitro benzene ring substituents is 1. The first kappa shape index (κ1) is 14.2. The van der Waals surface area contributed by atoms with Gasteiger partial charge >= 0.3 is 0 Å². The Morgan fingerprint density at radius 3 is 2.67 bits per heavy atom. The molecule has 1 aromatic rings. The average molecular weight is 254 g/mol. The van der Waals surface area contributed by atoms with Gasteiger partial charge in [0.2, 0.25) is 0 Å². The zero-order valence-corrected chi connectivity index (χ0v) is 10.8. The van der Waals surface area contributed by atoms with Gasteiger partial charge in [0.15, 0.2) is 0 Å². The van der Waals surface area contributed by atoms with Crippen LogP contribution >= 0.6 is 0 Å². The molecular formula is C12H18N2O4. The van der Waals surface area contributed by atoms with E-state index in [4.69, 9.17) is 9.84 Å². The molecule has 0 bridgehead atoms. The molecular weight excluding hydrogens is 236 g/mol. The van der Waals surface area contributed by atoms with Crippen molar-refractivity contribution in [3.63, 3.8) is 0 Å². The summed E-state index contributed by atoms with van der Waals surface area (Å²) in [6.45, 7) is 4.30. The molecule has 6 nitrogen and oxygen atoms in total. The molecule has 0 amide bonds. The zero-order valence-electron chi connectivity index (χ0n) is 10.8. The van der Waals surface area contributed by atoms with Gasteiger partial charge in [-0.2, -0.15) is 0 Å². The number of hydrogen-bond acceptors (Lipinski definition) is 5. The molecule has 0 aliphatic carbocycles. The lowest BCUT2D eigenvalue weighted by Gasteiger charge is -2.23. The molecule has 0 saturated heterocycles. The van der Waals surface area contributed by atoms with Gasteiger partial charge < -0.3 is 15.2 Å². The van der Waals surface area contributed by atoms with Crippen molar-refractivity contribution in [1.29, 1.82) is 0 Å². The first-order valence-corrected chi connectivity index (χ1v) is 5.57. The standard InChI is InChI=1S/C12H18N2O4/c1-12(2,8-15)7-13-10-6-9(14(16)17)4-5-11(10)18-3/h4-6,13,15H,7-8H2,1-3H3. The highest BCUT2D eigenvalue weighted by molar-refractivity contribution is 5.61. The molecule has 0 aromatic heterocycles. The van der Waals surface area contributed by atoms with E-state index in [1.165, 1.54) is 19.2 Å². The summed E-state index contributed by atoms with van der Waals surface area (Å²) >= 11 is 0. The smallest absolute Gasteiger partial charge is 0.271 e. The largest absolute Gasteiger partial charge is 0.495 e. The molecule has 1 aromatic carbocycles. The molecule has 0 spiro atoms. The number of benzene rings is 1. The van der Waals surface area contributed by atoms with E-state index in [2.05, 4.69) is 5.32 Å². The Labute approximate surface area is 106 Å². The number of anilines is 1. The highest BCUT2D eigenvalue weighted by atomic mass is 16.6. The van der Waals surface area contributed by atoms with Gasteiger partial charge in [-0.25, -0.2) is 0 Å². The number of ether oxygens (including phenoxy) is 1. The lowest BCUT2D eigenvalue weighted by atomic mass is 9.95. The Bertz CT molecular complexity index is 432. The van der Waals surface area contributed by atoms with Crippen molar-refractivity contribution in [1.82, 2.24) is 0 Å². The van der Waals surface area contributed by atoms with Crippen molar-refractivity contribution in [3.8, 4) is 5.75 Å². The van der Waals surface area contributed by atoms with Crippen LogP contribution in [0, 0.1) is 15.5 Å². The second-order valence-corrected chi connectivity index (χ2v) is 4.82. The van der Waals surface area contributed by atoms with E-state index in [0.29, 0.717) is 18.0 Å². The summed E-state index contributed by atoms with van der Waals surface area (Å²) in [5, 5.41) is 22.9. The molecule has 100 valence electrons. The van der Waals surface area contributed by atoms with Crippen LogP contribution in [0.15, 0.2) is 18.2 Å². The first-order valence-electron chi connectivity index (χ1n) is 5.57. The van der Waals surface area contributed by atoms with Crippen LogP contribution in [0.3, 0.4) is 0 Å². The number of non-ortho nitro benzene ring substituents is 1. The van der Waals surface area contributed by atoms with Crippen molar-refractivity contribution in [2.45, 2.75) is 13.8 Å². The fourth-order valence-electron chi connectivity index (χ4n) is 1.34. The van der Waals surface area contributed by atoms with Crippen LogP contribution in [-0.4, -0.2) is 30.3 Å². The monoisotopic (exact) mass is 254 g/mol. The van der Waals surface area contributed by atoms with Crippen LogP contribution in [0.1, 0.15) is 13.8 Å². The van der Waals surface area contributed by atoms with E-state index in [1.54, 1.807) is 6.07 Å². The van der Waals surface area contributed by atoms with Gasteiger partial charge in [-0.15, -0.1) is 0 Å². The van der Waals surface area contributed by atoms with E-state index >= 15 is 0 Å². The van der Waals surface area contributed by atoms with Crippen LogP contribution in [0.5, 0.6) is 5.75 Å². The molecule has 0 heterocycles. The van der Waals surface area contributed by atoms with Crippen molar-refractivity contribution >= 4 is 11.4 Å². The Hall–Kier alpha value is -1.82. The maximum atomic E-state index is 10.7. The maximum Gasteiger partial charge on any atom is 0.271 e. The average Bonchev–Trinajstić information content (AvgIpc) is 2.36. The summed E-state index contributed by atoms with van der Waals surface area (Å²) < 4.78 is 5.13. The van der Waals surface area contributed by atoms with Crippen molar-refractivity contribution in [3.05, 3.63) is 28.3 Å². The minimum atomic E-state index is -0.457. The molecule has 0 saturated carbocycles. The highest BCUT2D eigenvalue weighted by Gasteiger charge is 2.18. The van der Waals surface area contributed by atoms with E-state index < -0.39 is 4.92 Å². The Morgan fingerprint density at radius 1 is 1.50 bits per heavy atom. The van der Waals surface area contributed by atoms with Gasteiger partial charge in [-0.1, -0.05) is 13.8 Å². The van der Waals surface area contributed by atoms with Gasteiger partial charge in [-0.05, 0) is 6.07 Å². The zero-order chi connectivity index (χ0) is 13.8. The lowest BCUT2D eigenvalue weighted by molar-refractivity contribution is -0.384. The summed E-state index contributed by atoms with van der Waals surface area (Å²) in [7, 11) is 1.50. The minimum absolute atomic E-state index is 0.0000968. The Balaban J connectivity index is 2.91. The summed E-state index contributed by atoms with van der Waals surface area (Å²) in [4.78, 5) is 10.3. The maximum absolute atomic E-state index is 10.7. The predicted octanol–water partition coefficient (Wildman–Crippen LogP) is 2.03. The summed E-state index contributed by atoms with van der Waals surface area (Å²) in [6, 6.07) is 4.36. The summed E-state index contributed by atoms with van der Waals surface area (Å²) in [6.07, 6.45) is 0. The molecule has 0 atom stereocenters. The first-order chi connectivity index (χ1) is 8.39. The Morgan fingerprint density at radius 2 is 2.17 bits per heavy atom. The van der Waals surface area contributed by atoms with Crippen LogP contribution < -0.4 is 10.1 Å². The van der Waals surface area contributed by atoms with Gasteiger partial charge in [0, 0.05) is 30.7 Å². The topological polar surface area (TPSA) is 84.6 Å². The number of rotatable bonds is 6. The van der Waals surface area contributed by atoms with Crippen LogP contribution in [0.4, 0.5) is 11.4 Å². The third-order valence-corrected chi connectivity index (χ3v) is 2.58. The minimum Gasteiger partial charge on any atom is -0.495 e. The van der Waals surface area contributed by atoms with Crippen molar-refractivity contribution in [2.24, 2.45) is 5.41 Å². The number of nitrogens with zero attached hydrogens (tertiary/aromatic N) is 1. The van der Waals surface area contributed by atoms with E-state index in [1.807, 2.05) is 13.8 Å². The molecule has 6 heteroatoms. The van der Waals surface area contributed by atoms with Gasteiger partial charge in [0.1, 0.15) is 5.75 Å². The number of aliphatic hydroxyl groups excluding tert-OH is 1. The lowest BCUT2D eigenvalue weighted by Crippen LogP contribution is -2.26. The normalized spacial score (nSPS) is 11.1. The third-order valence-electron chi connectivity index (χ3n) is 2.58. The number of hydrogen-bond donors (Lipinski definition) is 2. The van der Waals surface area contributed by atoms with Crippen LogP contribution in [0.2, 0.25) is 0 Å². The van der Waals surface area contributed by atoms with E-state index in [-0.39, 0.29) is 17.7 Å². The molecule has 1 rings (SSSR count). The third kappa shape index (κ3) is 3.59. The number of aliphatic hydroxyl groups is 1. The van der Waals surface area contributed by atoms with E-state index in [9.17, 15) is 10.1 Å². The highest BCUT2D eigenvalue weighted by Crippen LogP contribution is 2.29. The summed E-state index contributed by atoms with van der Waals surface area (Å²) in [5.41, 5.74) is 0.239. The van der Waals surface area contributed by atoms with Crippen LogP contribution in [0.25, 0.3) is 0 Å². The predicted molar refractivity (Wildman–Crippen MR) is 69.0 cm³/mol. The molecule has 0 fully saturated rings. The second-order valence-electron chi connectivity index (χ2n) is 4.82. The van der Waals surface area contributed by atoms with E-state index in [0.717, 1.165) is 0 Å².